The van der Waals surface area contributed by atoms with Crippen LogP contribution in [0.5, 0.6) is 0 Å². The number of hydrogen-bond acceptors (Lipinski definition) is 9. The van der Waals surface area contributed by atoms with E-state index in [1.807, 2.05) is 0 Å². The summed E-state index contributed by atoms with van der Waals surface area (Å²) < 4.78 is 44.2. The van der Waals surface area contributed by atoms with Crippen LogP contribution in [0.2, 0.25) is 0 Å². The number of fused-ring (bicyclic) bond motifs is 2. The zero-order valence-electron chi connectivity index (χ0n) is 18.3. The molecule has 0 aromatic carbocycles. The maximum Gasteiger partial charge on any atom is 1.00 e. The Morgan fingerprint density at radius 2 is 2.00 bits per heavy atom. The molecule has 15 heteroatoms. The van der Waals surface area contributed by atoms with E-state index in [0.29, 0.717) is 16.2 Å². The minimum absolute atomic E-state index is 0. The minimum Gasteiger partial charge on any atom is -0.724 e. The van der Waals surface area contributed by atoms with Crippen molar-refractivity contribution >= 4 is 28.1 Å². The van der Waals surface area contributed by atoms with Crippen molar-refractivity contribution in [2.75, 3.05) is 13.1 Å². The van der Waals surface area contributed by atoms with Gasteiger partial charge in [-0.3, -0.25) is 0 Å². The smallest absolute Gasteiger partial charge is 0.724 e. The third kappa shape index (κ3) is 6.08. The minimum atomic E-state index is -5.22. The number of aryl methyl sites for hydroxylation is 1. The zero-order valence-corrected chi connectivity index (χ0v) is 21.1. The number of amides is 3. The predicted octanol–water partition coefficient (Wildman–Crippen LogP) is -3.43. The molecule has 1 N–H and O–H groups in total. The van der Waals surface area contributed by atoms with E-state index in [-0.39, 0.29) is 42.6 Å². The molecule has 2 aliphatic rings. The fourth-order valence-corrected chi connectivity index (χ4v) is 3.68. The van der Waals surface area contributed by atoms with Crippen molar-refractivity contribution in [2.45, 2.75) is 38.5 Å². The van der Waals surface area contributed by atoms with E-state index < -0.39 is 45.9 Å². The van der Waals surface area contributed by atoms with Crippen molar-refractivity contribution in [3.8, 4) is 0 Å². The summed E-state index contributed by atoms with van der Waals surface area (Å²) in [5.74, 6) is 0. The first-order valence-corrected chi connectivity index (χ1v) is 10.6. The maximum atomic E-state index is 12.7. The molecule has 0 spiro atoms. The average molecular weight is 479 g/mol. The van der Waals surface area contributed by atoms with E-state index in [2.05, 4.69) is 14.6 Å². The topological polar surface area (TPSA) is 163 Å². The fourth-order valence-electron chi connectivity index (χ4n) is 3.31. The number of nitrogens with one attached hydrogen (secondary N) is 1. The van der Waals surface area contributed by atoms with Gasteiger partial charge in [0.05, 0.1) is 12.6 Å². The molecule has 0 aliphatic carbocycles. The summed E-state index contributed by atoms with van der Waals surface area (Å²) in [6.45, 7) is 5.04. The molecule has 13 nitrogen and oxygen atoms in total. The van der Waals surface area contributed by atoms with Crippen LogP contribution in [0.1, 0.15) is 26.3 Å². The standard InChI is InChI=1S/C17H23N5O8S.Na/c1-17(2,3)29-15(24)19-7-11-5-12(10-6-18-14(23)20(4)8-10)13-9-21(11)16(25)22(13)30-31(26,27)28;/h5-6,8,11,13H,7,9H2,1-4H3,(H,19,24)(H,26,27,28);/q;+1/p-1/t11-,13+;/m1./s1. The molecule has 170 valence electrons. The Hall–Kier alpha value is -1.97. The maximum absolute atomic E-state index is 12.7. The van der Waals surface area contributed by atoms with E-state index in [9.17, 15) is 27.4 Å². The number of alkyl carbamates (subject to hydrolysis) is 1. The van der Waals surface area contributed by atoms with Gasteiger partial charge in [0.25, 0.3) is 0 Å². The Bertz CT molecular complexity index is 1100. The molecule has 2 aliphatic heterocycles. The second-order valence-electron chi connectivity index (χ2n) is 8.07. The van der Waals surface area contributed by atoms with Gasteiger partial charge < -0.3 is 24.1 Å². The van der Waals surface area contributed by atoms with E-state index in [0.717, 1.165) is 0 Å². The molecule has 1 saturated heterocycles. The van der Waals surface area contributed by atoms with E-state index in [1.165, 1.54) is 28.9 Å². The molecule has 1 fully saturated rings. The SMILES string of the molecule is Cn1cc(C2=C[C@H](CNC(=O)OC(C)(C)C)N3C[C@@H]2N(OS(=O)(=O)[O-])C3=O)cnc1=O.[Na+]. The molecule has 3 heterocycles. The van der Waals surface area contributed by atoms with Gasteiger partial charge in [-0.25, -0.2) is 27.8 Å². The first-order valence-electron chi connectivity index (χ1n) is 9.22. The van der Waals surface area contributed by atoms with Crippen molar-refractivity contribution in [3.05, 3.63) is 34.5 Å². The van der Waals surface area contributed by atoms with Crippen LogP contribution in [0.25, 0.3) is 5.57 Å². The van der Waals surface area contributed by atoms with Gasteiger partial charge in [0.1, 0.15) is 11.6 Å². The largest absolute Gasteiger partial charge is 1.00 e. The molecule has 32 heavy (non-hydrogen) atoms. The van der Waals surface area contributed by atoms with Crippen molar-refractivity contribution in [2.24, 2.45) is 7.05 Å². The second kappa shape index (κ2) is 9.49. The van der Waals surface area contributed by atoms with Crippen molar-refractivity contribution in [1.82, 2.24) is 24.8 Å². The molecule has 1 aromatic heterocycles. The first-order chi connectivity index (χ1) is 14.2. The number of nitrogens with zero attached hydrogens (tertiary/aromatic N) is 4. The summed E-state index contributed by atoms with van der Waals surface area (Å²) in [5, 5.41) is 3.04. The number of aromatic nitrogens is 2. The molecule has 2 atom stereocenters. The van der Waals surface area contributed by atoms with Crippen LogP contribution in [0.15, 0.2) is 23.3 Å². The Balaban J connectivity index is 0.00000363. The molecule has 0 saturated carbocycles. The molecule has 3 rings (SSSR count). The van der Waals surface area contributed by atoms with Crippen LogP contribution in [0.3, 0.4) is 0 Å². The third-order valence-electron chi connectivity index (χ3n) is 4.53. The van der Waals surface area contributed by atoms with Crippen LogP contribution < -0.4 is 40.6 Å². The second-order valence-corrected chi connectivity index (χ2v) is 9.03. The van der Waals surface area contributed by atoms with Gasteiger partial charge in [0.2, 0.25) is 10.4 Å². The van der Waals surface area contributed by atoms with Crippen molar-refractivity contribution < 1.29 is 61.1 Å². The molecule has 0 radical (unpaired) electrons. The molecular formula is C17H22N5NaO8S. The number of hydroxylamine groups is 2. The monoisotopic (exact) mass is 479 g/mol. The number of urea groups is 1. The summed E-state index contributed by atoms with van der Waals surface area (Å²) in [6.07, 6.45) is 3.65. The Morgan fingerprint density at radius 1 is 1.34 bits per heavy atom. The van der Waals surface area contributed by atoms with Crippen LogP contribution in [0.4, 0.5) is 9.59 Å². The average Bonchev–Trinajstić information content (AvgIpc) is 2.87. The fraction of sp³-hybridized carbons (Fsp3) is 0.529. The number of hydrogen-bond donors (Lipinski definition) is 1. The van der Waals surface area contributed by atoms with Crippen molar-refractivity contribution in [3.63, 3.8) is 0 Å². The summed E-state index contributed by atoms with van der Waals surface area (Å²) in [5.41, 5.74) is -0.409. The quantitative estimate of drug-likeness (QED) is 0.257. The first kappa shape index (κ1) is 26.3. The molecular weight excluding hydrogens is 457 g/mol. The summed E-state index contributed by atoms with van der Waals surface area (Å²) in [7, 11) is -3.74. The van der Waals surface area contributed by atoms with Gasteiger partial charge in [-0.15, -0.1) is 0 Å². The Morgan fingerprint density at radius 3 is 2.56 bits per heavy atom. The molecule has 3 amide bonds. The van der Waals surface area contributed by atoms with Gasteiger partial charge in [0.15, 0.2) is 0 Å². The molecule has 2 bridgehead atoms. The summed E-state index contributed by atoms with van der Waals surface area (Å²) in [6, 6.07) is -2.50. The zero-order chi connectivity index (χ0) is 23.1. The van der Waals surface area contributed by atoms with Gasteiger partial charge in [-0.05, 0) is 26.3 Å². The van der Waals surface area contributed by atoms with Crippen molar-refractivity contribution in [1.29, 1.82) is 0 Å². The van der Waals surface area contributed by atoms with E-state index >= 15 is 0 Å². The van der Waals surface area contributed by atoms with E-state index in [4.69, 9.17) is 4.74 Å². The number of carbonyl (C=O) groups is 2. The third-order valence-corrected chi connectivity index (χ3v) is 4.87. The van der Waals surface area contributed by atoms with Gasteiger partial charge in [0, 0.05) is 31.5 Å². The number of rotatable bonds is 5. The molecule has 0 unspecified atom stereocenters. The van der Waals surface area contributed by atoms with E-state index in [1.54, 1.807) is 26.8 Å². The predicted molar refractivity (Wildman–Crippen MR) is 104 cm³/mol. The van der Waals surface area contributed by atoms with Gasteiger partial charge >= 0.3 is 47.4 Å². The summed E-state index contributed by atoms with van der Waals surface area (Å²) >= 11 is 0. The van der Waals surface area contributed by atoms with Gasteiger partial charge in [-0.1, -0.05) is 6.08 Å². The number of ether oxygens (including phenoxy) is 1. The van der Waals surface area contributed by atoms with Crippen LogP contribution >= 0.6 is 0 Å². The normalized spacial score (nSPS) is 20.5. The Kier molecular flexibility index (Phi) is 7.79. The van der Waals surface area contributed by atoms with Crippen LogP contribution in [0, 0.1) is 0 Å². The van der Waals surface area contributed by atoms with Crippen LogP contribution in [-0.2, 0) is 26.5 Å². The Labute approximate surface area is 206 Å². The summed E-state index contributed by atoms with van der Waals surface area (Å²) in [4.78, 5) is 41.4. The van der Waals surface area contributed by atoms with Crippen LogP contribution in [-0.4, -0.2) is 75.4 Å². The molecule has 1 aromatic rings. The number of carbonyl (C=O) groups excluding carboxylic acids is 2. The van der Waals surface area contributed by atoms with Gasteiger partial charge in [-0.2, -0.15) is 9.35 Å².